The summed E-state index contributed by atoms with van der Waals surface area (Å²) >= 11 is 1.12. The van der Waals surface area contributed by atoms with Crippen LogP contribution in [0.1, 0.15) is 5.82 Å². The Labute approximate surface area is 157 Å². The van der Waals surface area contributed by atoms with Crippen molar-refractivity contribution >= 4 is 29.3 Å². The number of allylic oxidation sites excluding steroid dienone is 1. The summed E-state index contributed by atoms with van der Waals surface area (Å²) in [7, 11) is 0. The number of aryl methyl sites for hydroxylation is 1. The Bertz CT molecular complexity index is 872. The highest BCUT2D eigenvalue weighted by Gasteiger charge is 2.16. The number of carbonyl (C=O) groups is 2. The summed E-state index contributed by atoms with van der Waals surface area (Å²) < 4.78 is 41.2. The molecule has 0 bridgehead atoms. The van der Waals surface area contributed by atoms with Gasteiger partial charge < -0.3 is 15.2 Å². The Morgan fingerprint density at radius 3 is 2.67 bits per heavy atom. The van der Waals surface area contributed by atoms with Crippen LogP contribution in [0.15, 0.2) is 29.9 Å². The van der Waals surface area contributed by atoms with E-state index in [2.05, 4.69) is 27.4 Å². The third-order valence-corrected chi connectivity index (χ3v) is 4.27. The maximum Gasteiger partial charge on any atom is 0.243 e. The van der Waals surface area contributed by atoms with Gasteiger partial charge in [0, 0.05) is 6.54 Å². The van der Waals surface area contributed by atoms with E-state index < -0.39 is 41.5 Å². The lowest BCUT2D eigenvalue weighted by Gasteiger charge is -2.09. The fraction of sp³-hybridized carbons (Fsp3) is 0.250. The van der Waals surface area contributed by atoms with Crippen LogP contribution in [0.3, 0.4) is 0 Å². The molecule has 0 aliphatic carbocycles. The Morgan fingerprint density at radius 1 is 1.22 bits per heavy atom. The minimum atomic E-state index is -1.69. The molecule has 27 heavy (non-hydrogen) atoms. The van der Waals surface area contributed by atoms with E-state index in [0.29, 0.717) is 23.6 Å². The van der Waals surface area contributed by atoms with E-state index in [4.69, 9.17) is 0 Å². The minimum absolute atomic E-state index is 0.0257. The highest BCUT2D eigenvalue weighted by atomic mass is 32.2. The van der Waals surface area contributed by atoms with Gasteiger partial charge in [0.05, 0.1) is 18.0 Å². The second-order valence-electron chi connectivity index (χ2n) is 5.27. The third kappa shape index (κ3) is 5.33. The number of hydrogen-bond acceptors (Lipinski definition) is 5. The first-order valence-electron chi connectivity index (χ1n) is 7.67. The molecular formula is C16H16F3N5O2S. The van der Waals surface area contributed by atoms with Crippen LogP contribution in [0.4, 0.5) is 18.9 Å². The molecule has 2 N–H and O–H groups in total. The number of aromatic nitrogens is 3. The molecule has 0 unspecified atom stereocenters. The zero-order valence-electron chi connectivity index (χ0n) is 14.3. The first-order chi connectivity index (χ1) is 12.8. The van der Waals surface area contributed by atoms with Crippen LogP contribution in [0.25, 0.3) is 0 Å². The number of nitrogens with zero attached hydrogens (tertiary/aromatic N) is 3. The molecule has 0 saturated heterocycles. The Balaban J connectivity index is 1.83. The molecule has 1 aromatic carbocycles. The van der Waals surface area contributed by atoms with Gasteiger partial charge in [-0.15, -0.1) is 16.8 Å². The van der Waals surface area contributed by atoms with Crippen LogP contribution >= 0.6 is 11.8 Å². The van der Waals surface area contributed by atoms with Crippen LogP contribution in [0, 0.1) is 24.4 Å². The molecule has 0 radical (unpaired) electrons. The number of amides is 2. The van der Waals surface area contributed by atoms with E-state index in [1.54, 1.807) is 17.6 Å². The van der Waals surface area contributed by atoms with Gasteiger partial charge in [-0.2, -0.15) is 0 Å². The predicted molar refractivity (Wildman–Crippen MR) is 93.6 cm³/mol. The van der Waals surface area contributed by atoms with Crippen molar-refractivity contribution in [2.24, 2.45) is 0 Å². The maximum absolute atomic E-state index is 13.5. The van der Waals surface area contributed by atoms with Crippen molar-refractivity contribution in [2.75, 3.05) is 17.6 Å². The number of carbonyl (C=O) groups excluding carboxylic acids is 2. The molecule has 0 spiro atoms. The molecule has 0 saturated carbocycles. The van der Waals surface area contributed by atoms with Gasteiger partial charge in [-0.05, 0) is 19.1 Å². The summed E-state index contributed by atoms with van der Waals surface area (Å²) in [6.07, 6.45) is 1.67. The van der Waals surface area contributed by atoms with Crippen molar-refractivity contribution in [3.8, 4) is 0 Å². The van der Waals surface area contributed by atoms with Crippen LogP contribution in [0.2, 0.25) is 0 Å². The molecule has 1 aromatic heterocycles. The van der Waals surface area contributed by atoms with Crippen LogP contribution in [-0.2, 0) is 16.1 Å². The smallest absolute Gasteiger partial charge is 0.243 e. The number of halogens is 3. The summed E-state index contributed by atoms with van der Waals surface area (Å²) in [4.78, 5) is 23.6. The van der Waals surface area contributed by atoms with Crippen LogP contribution in [-0.4, -0.2) is 38.9 Å². The summed E-state index contributed by atoms with van der Waals surface area (Å²) in [6, 6.07) is 1.57. The standard InChI is InChI=1S/C16H16F3N5O2S/c1-3-6-24-9(2)22-23-16(24)27-8-13(26)20-7-12(25)21-11-5-4-10(17)14(18)15(11)19/h3-5H,1,6-8H2,2H3,(H,20,26)(H,21,25). The normalized spacial score (nSPS) is 10.5. The SMILES string of the molecule is C=CCn1c(C)nnc1SCC(=O)NCC(=O)Nc1ccc(F)c(F)c1F. The van der Waals surface area contributed by atoms with Gasteiger partial charge in [-0.1, -0.05) is 17.8 Å². The highest BCUT2D eigenvalue weighted by Crippen LogP contribution is 2.19. The maximum atomic E-state index is 13.5. The van der Waals surface area contributed by atoms with Gasteiger partial charge in [0.25, 0.3) is 0 Å². The Kier molecular flexibility index (Phi) is 6.99. The number of thioether (sulfide) groups is 1. The fourth-order valence-corrected chi connectivity index (χ4v) is 2.81. The minimum Gasteiger partial charge on any atom is -0.346 e. The number of benzene rings is 1. The van der Waals surface area contributed by atoms with E-state index in [1.165, 1.54) is 0 Å². The molecule has 0 aliphatic heterocycles. The summed E-state index contributed by atoms with van der Waals surface area (Å²) in [6.45, 7) is 5.43. The summed E-state index contributed by atoms with van der Waals surface area (Å²) in [5, 5.41) is 12.8. The number of hydrogen-bond donors (Lipinski definition) is 2. The number of nitrogens with one attached hydrogen (secondary N) is 2. The van der Waals surface area contributed by atoms with Gasteiger partial charge in [-0.3, -0.25) is 9.59 Å². The first-order valence-corrected chi connectivity index (χ1v) is 8.65. The number of anilines is 1. The summed E-state index contributed by atoms with van der Waals surface area (Å²) in [5.74, 6) is -5.17. The van der Waals surface area contributed by atoms with Gasteiger partial charge in [0.2, 0.25) is 11.8 Å². The van der Waals surface area contributed by atoms with Crippen molar-refractivity contribution in [1.29, 1.82) is 0 Å². The molecule has 2 rings (SSSR count). The van der Waals surface area contributed by atoms with Crippen molar-refractivity contribution in [1.82, 2.24) is 20.1 Å². The van der Waals surface area contributed by atoms with Crippen LogP contribution in [0.5, 0.6) is 0 Å². The monoisotopic (exact) mass is 399 g/mol. The highest BCUT2D eigenvalue weighted by molar-refractivity contribution is 7.99. The molecule has 2 amide bonds. The molecular weight excluding hydrogens is 383 g/mol. The second kappa shape index (κ2) is 9.21. The fourth-order valence-electron chi connectivity index (χ4n) is 1.98. The van der Waals surface area contributed by atoms with E-state index in [0.717, 1.165) is 17.8 Å². The summed E-state index contributed by atoms with van der Waals surface area (Å²) in [5.41, 5.74) is -0.518. The largest absolute Gasteiger partial charge is 0.346 e. The van der Waals surface area contributed by atoms with Gasteiger partial charge in [-0.25, -0.2) is 13.2 Å². The average Bonchev–Trinajstić information content (AvgIpc) is 2.99. The first kappa shape index (κ1) is 20.5. The lowest BCUT2D eigenvalue weighted by Crippen LogP contribution is -2.34. The molecule has 144 valence electrons. The second-order valence-corrected chi connectivity index (χ2v) is 6.21. The van der Waals surface area contributed by atoms with Crippen molar-refractivity contribution in [3.63, 3.8) is 0 Å². The Morgan fingerprint density at radius 2 is 1.96 bits per heavy atom. The lowest BCUT2D eigenvalue weighted by atomic mass is 10.2. The zero-order chi connectivity index (χ0) is 20.0. The third-order valence-electron chi connectivity index (χ3n) is 3.30. The molecule has 2 aromatic rings. The average molecular weight is 399 g/mol. The lowest BCUT2D eigenvalue weighted by molar-refractivity contribution is -0.122. The topological polar surface area (TPSA) is 88.9 Å². The molecule has 7 nitrogen and oxygen atoms in total. The van der Waals surface area contributed by atoms with E-state index in [-0.39, 0.29) is 5.75 Å². The molecule has 1 heterocycles. The van der Waals surface area contributed by atoms with Crippen molar-refractivity contribution < 1.29 is 22.8 Å². The van der Waals surface area contributed by atoms with Crippen molar-refractivity contribution in [2.45, 2.75) is 18.6 Å². The molecule has 0 fully saturated rings. The van der Waals surface area contributed by atoms with Crippen molar-refractivity contribution in [3.05, 3.63) is 48.1 Å². The van der Waals surface area contributed by atoms with Gasteiger partial charge in [0.1, 0.15) is 5.82 Å². The van der Waals surface area contributed by atoms with E-state index >= 15 is 0 Å². The zero-order valence-corrected chi connectivity index (χ0v) is 15.1. The quantitative estimate of drug-likeness (QED) is 0.403. The van der Waals surface area contributed by atoms with Crippen LogP contribution < -0.4 is 10.6 Å². The molecule has 0 atom stereocenters. The molecule has 0 aliphatic rings. The van der Waals surface area contributed by atoms with E-state index in [9.17, 15) is 22.8 Å². The predicted octanol–water partition coefficient (Wildman–Crippen LogP) is 2.04. The van der Waals surface area contributed by atoms with Gasteiger partial charge >= 0.3 is 0 Å². The Hall–Kier alpha value is -2.82. The number of rotatable bonds is 8. The molecule has 11 heteroatoms. The van der Waals surface area contributed by atoms with Gasteiger partial charge in [0.15, 0.2) is 22.6 Å². The van der Waals surface area contributed by atoms with E-state index in [1.807, 2.05) is 0 Å².